The predicted octanol–water partition coefficient (Wildman–Crippen LogP) is 2.79. The highest BCUT2D eigenvalue weighted by Crippen LogP contribution is 2.35. The van der Waals surface area contributed by atoms with Gasteiger partial charge in [0.2, 0.25) is 5.91 Å². The van der Waals surface area contributed by atoms with E-state index in [1.165, 1.54) is 6.92 Å². The van der Waals surface area contributed by atoms with Gasteiger partial charge in [0.25, 0.3) is 0 Å². The van der Waals surface area contributed by atoms with E-state index in [1.807, 2.05) is 30.3 Å². The lowest BCUT2D eigenvalue weighted by atomic mass is 10.0. The highest BCUT2D eigenvalue weighted by atomic mass is 16.5. The molecule has 1 amide bonds. The number of benzene rings is 2. The third kappa shape index (κ3) is 3.06. The summed E-state index contributed by atoms with van der Waals surface area (Å²) >= 11 is 0. The van der Waals surface area contributed by atoms with Crippen LogP contribution in [0.3, 0.4) is 0 Å². The first-order valence-electron chi connectivity index (χ1n) is 7.07. The first-order chi connectivity index (χ1) is 10.2. The first-order valence-corrected chi connectivity index (χ1v) is 7.07. The van der Waals surface area contributed by atoms with Gasteiger partial charge in [-0.05, 0) is 17.7 Å². The summed E-state index contributed by atoms with van der Waals surface area (Å²) in [6.45, 7) is 3.83. The number of fused-ring (bicyclic) bond motifs is 1. The number of hydrogen-bond acceptors (Lipinski definition) is 3. The Labute approximate surface area is 124 Å². The molecule has 3 rings (SSSR count). The van der Waals surface area contributed by atoms with Crippen molar-refractivity contribution in [1.29, 1.82) is 0 Å². The molecule has 1 heterocycles. The molecule has 2 aromatic carbocycles. The van der Waals surface area contributed by atoms with E-state index in [4.69, 9.17) is 4.74 Å². The van der Waals surface area contributed by atoms with Crippen LogP contribution in [-0.4, -0.2) is 19.1 Å². The fourth-order valence-corrected chi connectivity index (χ4v) is 2.54. The van der Waals surface area contributed by atoms with Crippen LogP contribution in [-0.2, 0) is 11.3 Å². The number of carbonyl (C=O) groups is 1. The zero-order chi connectivity index (χ0) is 14.7. The van der Waals surface area contributed by atoms with Gasteiger partial charge < -0.3 is 15.4 Å². The van der Waals surface area contributed by atoms with E-state index < -0.39 is 0 Å². The van der Waals surface area contributed by atoms with Crippen molar-refractivity contribution in [3.05, 3.63) is 48.0 Å². The third-order valence-corrected chi connectivity index (χ3v) is 3.43. The molecular weight excluding hydrogens is 264 g/mol. The van der Waals surface area contributed by atoms with E-state index in [9.17, 15) is 4.79 Å². The van der Waals surface area contributed by atoms with Crippen LogP contribution < -0.4 is 15.4 Å². The average Bonchev–Trinajstić information content (AvgIpc) is 2.71. The molecule has 0 radical (unpaired) electrons. The lowest BCUT2D eigenvalue weighted by Crippen LogP contribution is -2.16. The number of ether oxygens (including phenoxy) is 1. The Hall–Kier alpha value is -2.33. The predicted molar refractivity (Wildman–Crippen MR) is 83.4 cm³/mol. The topological polar surface area (TPSA) is 50.4 Å². The van der Waals surface area contributed by atoms with Crippen molar-refractivity contribution in [3.8, 4) is 16.9 Å². The van der Waals surface area contributed by atoms with Gasteiger partial charge in [0.1, 0.15) is 12.4 Å². The van der Waals surface area contributed by atoms with Gasteiger partial charge in [0, 0.05) is 36.8 Å². The summed E-state index contributed by atoms with van der Waals surface area (Å²) in [6, 6.07) is 14.0. The van der Waals surface area contributed by atoms with Gasteiger partial charge in [-0.25, -0.2) is 0 Å². The average molecular weight is 282 g/mol. The van der Waals surface area contributed by atoms with Crippen LogP contribution in [0.4, 0.5) is 5.69 Å². The number of para-hydroxylation sites is 1. The SMILES string of the molecule is CC(=O)Nc1cccc(-c2cccc3c2OCCNC3)c1. The van der Waals surface area contributed by atoms with Crippen LogP contribution in [0.1, 0.15) is 12.5 Å². The van der Waals surface area contributed by atoms with Gasteiger partial charge in [-0.1, -0.05) is 30.3 Å². The second-order valence-corrected chi connectivity index (χ2v) is 5.08. The van der Waals surface area contributed by atoms with Crippen LogP contribution in [0, 0.1) is 0 Å². The van der Waals surface area contributed by atoms with Gasteiger partial charge in [0.05, 0.1) is 0 Å². The minimum absolute atomic E-state index is 0.0699. The van der Waals surface area contributed by atoms with Crippen molar-refractivity contribution >= 4 is 11.6 Å². The molecule has 21 heavy (non-hydrogen) atoms. The molecule has 2 N–H and O–H groups in total. The molecule has 0 spiro atoms. The van der Waals surface area contributed by atoms with E-state index in [0.717, 1.165) is 41.2 Å². The molecule has 0 atom stereocenters. The smallest absolute Gasteiger partial charge is 0.221 e. The summed E-state index contributed by atoms with van der Waals surface area (Å²) in [7, 11) is 0. The fraction of sp³-hybridized carbons (Fsp3) is 0.235. The molecule has 0 bridgehead atoms. The van der Waals surface area contributed by atoms with Crippen molar-refractivity contribution in [2.24, 2.45) is 0 Å². The second kappa shape index (κ2) is 5.97. The van der Waals surface area contributed by atoms with Crippen molar-refractivity contribution in [1.82, 2.24) is 5.32 Å². The van der Waals surface area contributed by atoms with Gasteiger partial charge in [-0.3, -0.25) is 4.79 Å². The maximum atomic E-state index is 11.2. The highest BCUT2D eigenvalue weighted by Gasteiger charge is 2.14. The molecule has 0 aromatic heterocycles. The van der Waals surface area contributed by atoms with Gasteiger partial charge >= 0.3 is 0 Å². The number of anilines is 1. The number of nitrogens with one attached hydrogen (secondary N) is 2. The normalized spacial score (nSPS) is 13.8. The largest absolute Gasteiger partial charge is 0.491 e. The first kappa shape index (κ1) is 13.6. The number of amides is 1. The monoisotopic (exact) mass is 282 g/mol. The maximum Gasteiger partial charge on any atom is 0.221 e. The highest BCUT2D eigenvalue weighted by molar-refractivity contribution is 5.89. The molecule has 4 heteroatoms. The van der Waals surface area contributed by atoms with E-state index in [0.29, 0.717) is 6.61 Å². The van der Waals surface area contributed by atoms with Crippen LogP contribution in [0.5, 0.6) is 5.75 Å². The molecular formula is C17H18N2O2. The Morgan fingerprint density at radius 2 is 2.10 bits per heavy atom. The molecule has 0 fully saturated rings. The Kier molecular flexibility index (Phi) is 3.88. The Morgan fingerprint density at radius 3 is 2.95 bits per heavy atom. The molecule has 4 nitrogen and oxygen atoms in total. The van der Waals surface area contributed by atoms with E-state index in [1.54, 1.807) is 0 Å². The summed E-state index contributed by atoms with van der Waals surface area (Å²) < 4.78 is 5.91. The summed E-state index contributed by atoms with van der Waals surface area (Å²) in [5, 5.41) is 6.15. The van der Waals surface area contributed by atoms with Crippen molar-refractivity contribution < 1.29 is 9.53 Å². The minimum Gasteiger partial charge on any atom is -0.491 e. The van der Waals surface area contributed by atoms with E-state index in [2.05, 4.69) is 22.8 Å². The third-order valence-electron chi connectivity index (χ3n) is 3.43. The maximum absolute atomic E-state index is 11.2. The number of carbonyl (C=O) groups excluding carboxylic acids is 1. The summed E-state index contributed by atoms with van der Waals surface area (Å²) in [4.78, 5) is 11.2. The van der Waals surface area contributed by atoms with Gasteiger partial charge in [0.15, 0.2) is 0 Å². The summed E-state index contributed by atoms with van der Waals surface area (Å²) in [5.41, 5.74) is 4.06. The molecule has 0 aliphatic carbocycles. The Balaban J connectivity index is 2.02. The second-order valence-electron chi connectivity index (χ2n) is 5.08. The lowest BCUT2D eigenvalue weighted by Gasteiger charge is -2.13. The molecule has 1 aliphatic rings. The molecule has 108 valence electrons. The minimum atomic E-state index is -0.0699. The van der Waals surface area contributed by atoms with Gasteiger partial charge in [-0.2, -0.15) is 0 Å². The quantitative estimate of drug-likeness (QED) is 0.890. The van der Waals surface area contributed by atoms with Crippen molar-refractivity contribution in [2.75, 3.05) is 18.5 Å². The zero-order valence-corrected chi connectivity index (χ0v) is 12.0. The van der Waals surface area contributed by atoms with Gasteiger partial charge in [-0.15, -0.1) is 0 Å². The fourth-order valence-electron chi connectivity index (χ4n) is 2.54. The Bertz CT molecular complexity index is 668. The van der Waals surface area contributed by atoms with Crippen LogP contribution in [0.15, 0.2) is 42.5 Å². The lowest BCUT2D eigenvalue weighted by molar-refractivity contribution is -0.114. The van der Waals surface area contributed by atoms with E-state index in [-0.39, 0.29) is 5.91 Å². The van der Waals surface area contributed by atoms with Crippen LogP contribution >= 0.6 is 0 Å². The van der Waals surface area contributed by atoms with Crippen LogP contribution in [0.25, 0.3) is 11.1 Å². The van der Waals surface area contributed by atoms with Crippen molar-refractivity contribution in [2.45, 2.75) is 13.5 Å². The summed E-state index contributed by atoms with van der Waals surface area (Å²) in [6.07, 6.45) is 0. The molecule has 0 saturated heterocycles. The molecule has 1 aliphatic heterocycles. The van der Waals surface area contributed by atoms with E-state index >= 15 is 0 Å². The number of rotatable bonds is 2. The summed E-state index contributed by atoms with van der Waals surface area (Å²) in [5.74, 6) is 0.863. The molecule has 2 aromatic rings. The van der Waals surface area contributed by atoms with Crippen LogP contribution in [0.2, 0.25) is 0 Å². The standard InChI is InChI=1S/C17H18N2O2/c1-12(20)19-15-6-2-4-13(10-15)16-7-3-5-14-11-18-8-9-21-17(14)16/h2-7,10,18H,8-9,11H2,1H3,(H,19,20). The molecule has 0 saturated carbocycles. The van der Waals surface area contributed by atoms with Crippen molar-refractivity contribution in [3.63, 3.8) is 0 Å². The number of hydrogen-bond donors (Lipinski definition) is 2. The molecule has 0 unspecified atom stereocenters. The Morgan fingerprint density at radius 1 is 1.24 bits per heavy atom. The zero-order valence-electron chi connectivity index (χ0n) is 12.0.